The molecule has 1 aliphatic rings. The van der Waals surface area contributed by atoms with Crippen LogP contribution in [0.5, 0.6) is 0 Å². The molecule has 23 heavy (non-hydrogen) atoms. The van der Waals surface area contributed by atoms with Crippen molar-refractivity contribution in [3.63, 3.8) is 0 Å². The van der Waals surface area contributed by atoms with E-state index >= 15 is 0 Å². The van der Waals surface area contributed by atoms with E-state index in [2.05, 4.69) is 22.3 Å². The first kappa shape index (κ1) is 22.0. The van der Waals surface area contributed by atoms with Gasteiger partial charge in [-0.2, -0.15) is 0 Å². The van der Waals surface area contributed by atoms with Gasteiger partial charge in [-0.25, -0.2) is 0 Å². The fourth-order valence-corrected chi connectivity index (χ4v) is 2.97. The molecule has 1 fully saturated rings. The summed E-state index contributed by atoms with van der Waals surface area (Å²) in [4.78, 5) is 14.9. The van der Waals surface area contributed by atoms with Crippen LogP contribution in [0.3, 0.4) is 0 Å². The van der Waals surface area contributed by atoms with E-state index in [0.717, 1.165) is 31.6 Å². The molecule has 0 spiro atoms. The Balaban J connectivity index is 0.00000242. The van der Waals surface area contributed by atoms with Crippen LogP contribution in [0.25, 0.3) is 0 Å². The summed E-state index contributed by atoms with van der Waals surface area (Å²) in [6, 6.07) is 8.13. The van der Waals surface area contributed by atoms with Crippen LogP contribution >= 0.6 is 24.8 Å². The Morgan fingerprint density at radius 3 is 2.35 bits per heavy atom. The average Bonchev–Trinajstić information content (AvgIpc) is 3.04. The number of nitrogens with zero attached hydrogens (tertiary/aromatic N) is 1. The molecule has 1 aromatic rings. The molecular formula is C17H29Cl2N3O. The highest BCUT2D eigenvalue weighted by Gasteiger charge is 2.33. The van der Waals surface area contributed by atoms with Crippen molar-refractivity contribution in [2.24, 2.45) is 11.1 Å². The maximum Gasteiger partial charge on any atom is 0.231 e. The summed E-state index contributed by atoms with van der Waals surface area (Å²) in [5.41, 5.74) is 7.45. The number of benzene rings is 1. The van der Waals surface area contributed by atoms with E-state index in [4.69, 9.17) is 5.73 Å². The first-order valence-electron chi connectivity index (χ1n) is 8.01. The zero-order valence-electron chi connectivity index (χ0n) is 14.0. The van der Waals surface area contributed by atoms with E-state index in [0.29, 0.717) is 6.54 Å². The van der Waals surface area contributed by atoms with Gasteiger partial charge in [0.1, 0.15) is 0 Å². The van der Waals surface area contributed by atoms with Gasteiger partial charge in [0.25, 0.3) is 0 Å². The zero-order chi connectivity index (χ0) is 15.3. The normalized spacial score (nSPS) is 14.0. The van der Waals surface area contributed by atoms with Crippen molar-refractivity contribution in [3.05, 3.63) is 24.3 Å². The summed E-state index contributed by atoms with van der Waals surface area (Å²) in [5.74, 6) is 0.0357. The van der Waals surface area contributed by atoms with E-state index in [-0.39, 0.29) is 30.7 Å². The minimum atomic E-state index is -0.455. The molecule has 6 heteroatoms. The lowest BCUT2D eigenvalue weighted by Gasteiger charge is -2.28. The number of hydrogen-bond donors (Lipinski definition) is 2. The van der Waals surface area contributed by atoms with E-state index in [1.54, 1.807) is 0 Å². The number of nitrogens with two attached hydrogens (primary N) is 1. The SMILES string of the molecule is CCC(CC)(CN)C(=O)Nc1cccc(N2CCCC2)c1.Cl.Cl. The lowest BCUT2D eigenvalue weighted by Crippen LogP contribution is -2.41. The van der Waals surface area contributed by atoms with Gasteiger partial charge in [-0.1, -0.05) is 19.9 Å². The monoisotopic (exact) mass is 361 g/mol. The molecule has 1 saturated heterocycles. The summed E-state index contributed by atoms with van der Waals surface area (Å²) in [5, 5.41) is 3.05. The Bertz CT molecular complexity index is 478. The topological polar surface area (TPSA) is 58.4 Å². The number of hydrogen-bond acceptors (Lipinski definition) is 3. The fraction of sp³-hybridized carbons (Fsp3) is 0.588. The summed E-state index contributed by atoms with van der Waals surface area (Å²) < 4.78 is 0. The minimum Gasteiger partial charge on any atom is -0.371 e. The second kappa shape index (κ2) is 10.0. The number of rotatable bonds is 6. The molecule has 3 N–H and O–H groups in total. The predicted octanol–water partition coefficient (Wildman–Crippen LogP) is 3.83. The third kappa shape index (κ3) is 5.00. The van der Waals surface area contributed by atoms with Gasteiger partial charge in [-0.05, 0) is 43.9 Å². The second-order valence-corrected chi connectivity index (χ2v) is 5.89. The third-order valence-electron chi connectivity index (χ3n) is 4.80. The number of carbonyl (C=O) groups excluding carboxylic acids is 1. The van der Waals surface area contributed by atoms with Crippen molar-refractivity contribution >= 4 is 42.1 Å². The lowest BCUT2D eigenvalue weighted by molar-refractivity contribution is -0.125. The van der Waals surface area contributed by atoms with Crippen LogP contribution in [-0.2, 0) is 4.79 Å². The quantitative estimate of drug-likeness (QED) is 0.809. The van der Waals surface area contributed by atoms with Crippen molar-refractivity contribution in [1.82, 2.24) is 0 Å². The van der Waals surface area contributed by atoms with Crippen LogP contribution in [0.2, 0.25) is 0 Å². The van der Waals surface area contributed by atoms with Crippen molar-refractivity contribution in [2.45, 2.75) is 39.5 Å². The van der Waals surface area contributed by atoms with Crippen LogP contribution in [0, 0.1) is 5.41 Å². The van der Waals surface area contributed by atoms with Gasteiger partial charge in [0, 0.05) is 31.0 Å². The number of anilines is 2. The number of carbonyl (C=O) groups is 1. The first-order chi connectivity index (χ1) is 10.1. The number of amides is 1. The van der Waals surface area contributed by atoms with Crippen LogP contribution in [0.4, 0.5) is 11.4 Å². The summed E-state index contributed by atoms with van der Waals surface area (Å²) in [7, 11) is 0. The van der Waals surface area contributed by atoms with Crippen LogP contribution in [-0.4, -0.2) is 25.5 Å². The number of halogens is 2. The second-order valence-electron chi connectivity index (χ2n) is 5.89. The Morgan fingerprint density at radius 1 is 1.22 bits per heavy atom. The number of nitrogens with one attached hydrogen (secondary N) is 1. The molecule has 0 saturated carbocycles. The summed E-state index contributed by atoms with van der Waals surface area (Å²) in [6.45, 7) is 6.65. The van der Waals surface area contributed by atoms with Gasteiger partial charge in [0.05, 0.1) is 5.41 Å². The highest BCUT2D eigenvalue weighted by molar-refractivity contribution is 5.95. The largest absolute Gasteiger partial charge is 0.371 e. The fourth-order valence-electron chi connectivity index (χ4n) is 2.97. The molecule has 0 bridgehead atoms. The summed E-state index contributed by atoms with van der Waals surface area (Å²) >= 11 is 0. The molecule has 1 aliphatic heterocycles. The molecule has 0 aromatic heterocycles. The van der Waals surface area contributed by atoms with E-state index in [1.165, 1.54) is 18.5 Å². The zero-order valence-corrected chi connectivity index (χ0v) is 15.6. The van der Waals surface area contributed by atoms with Gasteiger partial charge in [-0.3, -0.25) is 4.79 Å². The molecule has 2 rings (SSSR count). The lowest BCUT2D eigenvalue weighted by atomic mass is 9.81. The Labute approximate surface area is 152 Å². The average molecular weight is 362 g/mol. The molecule has 132 valence electrons. The molecule has 0 unspecified atom stereocenters. The molecule has 1 aromatic carbocycles. The molecule has 0 atom stereocenters. The molecule has 4 nitrogen and oxygen atoms in total. The van der Waals surface area contributed by atoms with Gasteiger partial charge < -0.3 is 16.0 Å². The smallest absolute Gasteiger partial charge is 0.231 e. The third-order valence-corrected chi connectivity index (χ3v) is 4.80. The molecule has 1 heterocycles. The molecular weight excluding hydrogens is 333 g/mol. The van der Waals surface area contributed by atoms with Crippen molar-refractivity contribution in [3.8, 4) is 0 Å². The van der Waals surface area contributed by atoms with Gasteiger partial charge in [0.15, 0.2) is 0 Å². The van der Waals surface area contributed by atoms with Crippen molar-refractivity contribution in [2.75, 3.05) is 29.9 Å². The van der Waals surface area contributed by atoms with Gasteiger partial charge >= 0.3 is 0 Å². The Morgan fingerprint density at radius 2 is 1.83 bits per heavy atom. The van der Waals surface area contributed by atoms with Crippen molar-refractivity contribution < 1.29 is 4.79 Å². The van der Waals surface area contributed by atoms with E-state index in [1.807, 2.05) is 26.0 Å². The van der Waals surface area contributed by atoms with Crippen LogP contribution in [0.1, 0.15) is 39.5 Å². The van der Waals surface area contributed by atoms with Crippen LogP contribution < -0.4 is 16.0 Å². The van der Waals surface area contributed by atoms with Gasteiger partial charge in [-0.15, -0.1) is 24.8 Å². The summed E-state index contributed by atoms with van der Waals surface area (Å²) in [6.07, 6.45) is 4.02. The maximum absolute atomic E-state index is 12.6. The highest BCUT2D eigenvalue weighted by atomic mass is 35.5. The molecule has 0 radical (unpaired) electrons. The van der Waals surface area contributed by atoms with Crippen molar-refractivity contribution in [1.29, 1.82) is 0 Å². The van der Waals surface area contributed by atoms with Crippen LogP contribution in [0.15, 0.2) is 24.3 Å². The Kier molecular flexibility index (Phi) is 9.59. The molecule has 0 aliphatic carbocycles. The van der Waals surface area contributed by atoms with E-state index in [9.17, 15) is 4.79 Å². The maximum atomic E-state index is 12.6. The minimum absolute atomic E-state index is 0. The predicted molar refractivity (Wildman–Crippen MR) is 103 cm³/mol. The van der Waals surface area contributed by atoms with E-state index < -0.39 is 5.41 Å². The highest BCUT2D eigenvalue weighted by Crippen LogP contribution is 2.28. The first-order valence-corrected chi connectivity index (χ1v) is 8.01. The molecule has 1 amide bonds. The Hall–Kier alpha value is -0.970. The standard InChI is InChI=1S/C17H27N3O.2ClH/c1-3-17(4-2,13-18)16(21)19-14-8-7-9-15(12-14)20-10-5-6-11-20;;/h7-9,12H,3-6,10-11,13,18H2,1-2H3,(H,19,21);2*1H. The van der Waals surface area contributed by atoms with Gasteiger partial charge in [0.2, 0.25) is 5.91 Å².